The summed E-state index contributed by atoms with van der Waals surface area (Å²) in [6, 6.07) is 13.8. The van der Waals surface area contributed by atoms with Crippen molar-refractivity contribution in [2.75, 3.05) is 13.2 Å². The third-order valence-electron chi connectivity index (χ3n) is 6.81. The molecule has 1 aliphatic heterocycles. The first kappa shape index (κ1) is 27.2. The van der Waals surface area contributed by atoms with E-state index in [0.717, 1.165) is 22.3 Å². The topological polar surface area (TPSA) is 122 Å². The molecule has 1 saturated heterocycles. The summed E-state index contributed by atoms with van der Waals surface area (Å²) in [4.78, 5) is 51.5. The van der Waals surface area contributed by atoms with Gasteiger partial charge >= 0.3 is 18.0 Å². The molecule has 9 nitrogen and oxygen atoms in total. The van der Waals surface area contributed by atoms with Crippen molar-refractivity contribution < 1.29 is 33.8 Å². The second-order valence-electron chi connectivity index (χ2n) is 10.7. The van der Waals surface area contributed by atoms with E-state index in [4.69, 9.17) is 9.47 Å². The first-order chi connectivity index (χ1) is 18.0. The minimum atomic E-state index is -1.13. The van der Waals surface area contributed by atoms with Crippen molar-refractivity contribution in [3.63, 3.8) is 0 Å². The summed E-state index contributed by atoms with van der Waals surface area (Å²) in [7, 11) is 0. The van der Waals surface area contributed by atoms with E-state index in [1.165, 1.54) is 4.90 Å². The molecule has 1 fully saturated rings. The van der Waals surface area contributed by atoms with Gasteiger partial charge in [-0.25, -0.2) is 9.59 Å². The van der Waals surface area contributed by atoms with Crippen LogP contribution >= 0.6 is 0 Å². The molecular formula is C29H34N2O7. The lowest BCUT2D eigenvalue weighted by Gasteiger charge is -2.27. The molecule has 1 heterocycles. The molecule has 2 aliphatic rings. The van der Waals surface area contributed by atoms with Crippen LogP contribution in [0.15, 0.2) is 48.5 Å². The third kappa shape index (κ3) is 6.15. The Morgan fingerprint density at radius 3 is 2.21 bits per heavy atom. The lowest BCUT2D eigenvalue weighted by molar-refractivity contribution is -0.155. The molecule has 0 aromatic heterocycles. The number of hydrogen-bond acceptors (Lipinski definition) is 6. The van der Waals surface area contributed by atoms with Crippen LogP contribution in [-0.4, -0.2) is 64.8 Å². The van der Waals surface area contributed by atoms with E-state index in [-0.39, 0.29) is 31.9 Å². The second kappa shape index (κ2) is 11.2. The maximum atomic E-state index is 13.3. The number of likely N-dealkylation sites (tertiary alicyclic amines) is 1. The van der Waals surface area contributed by atoms with Gasteiger partial charge < -0.3 is 24.8 Å². The highest BCUT2D eigenvalue weighted by molar-refractivity contribution is 5.90. The molecule has 9 heteroatoms. The van der Waals surface area contributed by atoms with Gasteiger partial charge in [0, 0.05) is 18.9 Å². The summed E-state index contributed by atoms with van der Waals surface area (Å²) >= 11 is 0. The highest BCUT2D eigenvalue weighted by Crippen LogP contribution is 2.44. The van der Waals surface area contributed by atoms with Gasteiger partial charge in [-0.05, 0) is 62.3 Å². The van der Waals surface area contributed by atoms with Crippen LogP contribution in [0.25, 0.3) is 11.1 Å². The normalized spacial score (nSPS) is 17.3. The smallest absolute Gasteiger partial charge is 0.407 e. The quantitative estimate of drug-likeness (QED) is 0.501. The maximum Gasteiger partial charge on any atom is 0.407 e. The Bertz CT molecular complexity index is 1170. The Morgan fingerprint density at radius 2 is 1.63 bits per heavy atom. The number of benzene rings is 2. The standard InChI is InChI=1S/C29H34N2O7/c1-29(2,3)38-25(32)15-14-23(26(33)31-16-8-13-24(31)27(34)35)30-28(36)37-17-22-20-11-6-4-9-18(20)19-10-5-7-12-21(19)22/h4-7,9-12,22-24H,8,13-17H2,1-3H3,(H,30,36)(H,34,35)/t23-,24-/m0/s1. The molecule has 2 aromatic rings. The van der Waals surface area contributed by atoms with E-state index in [1.807, 2.05) is 48.5 Å². The number of carboxylic acid groups (broad SMARTS) is 1. The monoisotopic (exact) mass is 522 g/mol. The van der Waals surface area contributed by atoms with Gasteiger partial charge in [0.2, 0.25) is 5.91 Å². The van der Waals surface area contributed by atoms with Crippen LogP contribution in [0, 0.1) is 0 Å². The molecule has 2 amide bonds. The molecule has 0 radical (unpaired) electrons. The van der Waals surface area contributed by atoms with E-state index in [9.17, 15) is 24.3 Å². The van der Waals surface area contributed by atoms with Crippen molar-refractivity contribution in [3.05, 3.63) is 59.7 Å². The zero-order valence-electron chi connectivity index (χ0n) is 21.9. The summed E-state index contributed by atoms with van der Waals surface area (Å²) < 4.78 is 10.9. The van der Waals surface area contributed by atoms with Crippen molar-refractivity contribution in [1.82, 2.24) is 10.2 Å². The zero-order chi connectivity index (χ0) is 27.4. The van der Waals surface area contributed by atoms with Gasteiger partial charge in [-0.15, -0.1) is 0 Å². The van der Waals surface area contributed by atoms with Crippen LogP contribution in [0.4, 0.5) is 4.79 Å². The minimum Gasteiger partial charge on any atom is -0.480 e. The predicted octanol–water partition coefficient (Wildman–Crippen LogP) is 4.09. The van der Waals surface area contributed by atoms with Crippen LogP contribution in [0.5, 0.6) is 0 Å². The van der Waals surface area contributed by atoms with Crippen LogP contribution in [-0.2, 0) is 23.9 Å². The molecule has 0 saturated carbocycles. The number of hydrogen-bond donors (Lipinski definition) is 2. The predicted molar refractivity (Wildman–Crippen MR) is 139 cm³/mol. The number of nitrogens with zero attached hydrogens (tertiary/aromatic N) is 1. The molecule has 4 rings (SSSR count). The number of carboxylic acids is 1. The summed E-state index contributed by atoms with van der Waals surface area (Å²) in [6.45, 7) is 5.55. The van der Waals surface area contributed by atoms with Crippen molar-refractivity contribution in [2.45, 2.75) is 70.1 Å². The largest absolute Gasteiger partial charge is 0.480 e. The van der Waals surface area contributed by atoms with Gasteiger partial charge in [0.25, 0.3) is 0 Å². The van der Waals surface area contributed by atoms with Gasteiger partial charge in [0.15, 0.2) is 0 Å². The number of carbonyl (C=O) groups is 4. The number of nitrogens with one attached hydrogen (secondary N) is 1. The molecule has 38 heavy (non-hydrogen) atoms. The summed E-state index contributed by atoms with van der Waals surface area (Å²) in [6.07, 6.45) is -0.0820. The van der Waals surface area contributed by atoms with E-state index in [0.29, 0.717) is 12.8 Å². The van der Waals surface area contributed by atoms with Crippen molar-refractivity contribution in [2.24, 2.45) is 0 Å². The number of fused-ring (bicyclic) bond motifs is 3. The molecule has 2 aromatic carbocycles. The fraction of sp³-hybridized carbons (Fsp3) is 0.448. The van der Waals surface area contributed by atoms with Crippen LogP contribution in [0.1, 0.15) is 63.5 Å². The lowest BCUT2D eigenvalue weighted by atomic mass is 9.98. The molecule has 2 atom stereocenters. The number of ether oxygens (including phenoxy) is 2. The average Bonchev–Trinajstić information content (AvgIpc) is 3.47. The zero-order valence-corrected chi connectivity index (χ0v) is 21.9. The van der Waals surface area contributed by atoms with Crippen LogP contribution < -0.4 is 5.32 Å². The maximum absolute atomic E-state index is 13.3. The Hall–Kier alpha value is -3.88. The van der Waals surface area contributed by atoms with E-state index < -0.39 is 41.6 Å². The number of alkyl carbamates (subject to hydrolysis) is 1. The number of carbonyl (C=O) groups excluding carboxylic acids is 3. The summed E-state index contributed by atoms with van der Waals surface area (Å²) in [5, 5.41) is 12.1. The fourth-order valence-electron chi connectivity index (χ4n) is 5.18. The molecule has 2 N–H and O–H groups in total. The number of aliphatic carboxylic acids is 1. The molecular weight excluding hydrogens is 488 g/mol. The SMILES string of the molecule is CC(C)(C)OC(=O)CC[C@H](NC(=O)OCC1c2ccccc2-c2ccccc21)C(=O)N1CCC[C@H]1C(=O)O. The first-order valence-electron chi connectivity index (χ1n) is 12.9. The van der Waals surface area contributed by atoms with E-state index >= 15 is 0 Å². The molecule has 0 bridgehead atoms. The van der Waals surface area contributed by atoms with E-state index in [2.05, 4.69) is 5.32 Å². The lowest BCUT2D eigenvalue weighted by Crippen LogP contribution is -2.52. The fourth-order valence-corrected chi connectivity index (χ4v) is 5.18. The second-order valence-corrected chi connectivity index (χ2v) is 10.7. The highest BCUT2D eigenvalue weighted by atomic mass is 16.6. The van der Waals surface area contributed by atoms with Crippen molar-refractivity contribution in [1.29, 1.82) is 0 Å². The summed E-state index contributed by atoms with van der Waals surface area (Å²) in [5.41, 5.74) is 3.61. The van der Waals surface area contributed by atoms with Gasteiger partial charge in [-0.1, -0.05) is 48.5 Å². The molecule has 0 spiro atoms. The van der Waals surface area contributed by atoms with Gasteiger partial charge in [-0.3, -0.25) is 9.59 Å². The van der Waals surface area contributed by atoms with Gasteiger partial charge in [0.1, 0.15) is 24.3 Å². The van der Waals surface area contributed by atoms with E-state index in [1.54, 1.807) is 20.8 Å². The Morgan fingerprint density at radius 1 is 1.03 bits per heavy atom. The van der Waals surface area contributed by atoms with Gasteiger partial charge in [0.05, 0.1) is 0 Å². The number of amides is 2. The molecule has 0 unspecified atom stereocenters. The number of rotatable bonds is 8. The highest BCUT2D eigenvalue weighted by Gasteiger charge is 2.38. The van der Waals surface area contributed by atoms with Crippen molar-refractivity contribution >= 4 is 23.9 Å². The Kier molecular flexibility index (Phi) is 8.04. The van der Waals surface area contributed by atoms with Crippen molar-refractivity contribution in [3.8, 4) is 11.1 Å². The third-order valence-corrected chi connectivity index (χ3v) is 6.81. The Balaban J connectivity index is 1.45. The van der Waals surface area contributed by atoms with Gasteiger partial charge in [-0.2, -0.15) is 0 Å². The van der Waals surface area contributed by atoms with Crippen LogP contribution in [0.2, 0.25) is 0 Å². The minimum absolute atomic E-state index is 0.0409. The number of esters is 1. The average molecular weight is 523 g/mol. The van der Waals surface area contributed by atoms with Crippen LogP contribution in [0.3, 0.4) is 0 Å². The molecule has 202 valence electrons. The summed E-state index contributed by atoms with van der Waals surface area (Å²) in [5.74, 6) is -2.31. The Labute approximate surface area is 222 Å². The first-order valence-corrected chi connectivity index (χ1v) is 12.9. The molecule has 1 aliphatic carbocycles.